The van der Waals surface area contributed by atoms with Crippen molar-refractivity contribution < 1.29 is 9.66 Å². The molecule has 1 aliphatic carbocycles. The minimum absolute atomic E-state index is 0.166. The van der Waals surface area contributed by atoms with Crippen LogP contribution in [0.15, 0.2) is 36.4 Å². The van der Waals surface area contributed by atoms with Gasteiger partial charge in [0.2, 0.25) is 5.75 Å². The van der Waals surface area contributed by atoms with Crippen molar-refractivity contribution in [2.45, 2.75) is 19.3 Å². The highest BCUT2D eigenvalue weighted by atomic mass is 16.6. The number of hydrogen-bond acceptors (Lipinski definition) is 5. The maximum Gasteiger partial charge on any atom is 0.335 e. The van der Waals surface area contributed by atoms with Gasteiger partial charge in [0.25, 0.3) is 0 Å². The van der Waals surface area contributed by atoms with Gasteiger partial charge in [-0.15, -0.1) is 0 Å². The lowest BCUT2D eigenvalue weighted by Gasteiger charge is -2.10. The van der Waals surface area contributed by atoms with Crippen molar-refractivity contribution in [3.8, 4) is 11.5 Å². The predicted octanol–water partition coefficient (Wildman–Crippen LogP) is 3.16. The van der Waals surface area contributed by atoms with E-state index in [1.54, 1.807) is 12.1 Å². The lowest BCUT2D eigenvalue weighted by atomic mass is 10.1. The van der Waals surface area contributed by atoms with E-state index < -0.39 is 4.92 Å². The summed E-state index contributed by atoms with van der Waals surface area (Å²) in [7, 11) is 0. The van der Waals surface area contributed by atoms with Crippen molar-refractivity contribution in [3.05, 3.63) is 57.6 Å². The molecule has 108 valence electrons. The van der Waals surface area contributed by atoms with Crippen LogP contribution >= 0.6 is 0 Å². The molecule has 0 aliphatic heterocycles. The minimum atomic E-state index is -0.502. The number of para-hydroxylation sites is 1. The summed E-state index contributed by atoms with van der Waals surface area (Å²) in [6, 6.07) is 10.6. The summed E-state index contributed by atoms with van der Waals surface area (Å²) in [5.41, 5.74) is 4.96. The summed E-state index contributed by atoms with van der Waals surface area (Å²) in [5, 5.41) is 11.2. The molecule has 0 atom stereocenters. The first-order valence-electron chi connectivity index (χ1n) is 6.72. The zero-order valence-electron chi connectivity index (χ0n) is 11.3. The molecule has 0 saturated carbocycles. The van der Waals surface area contributed by atoms with Crippen LogP contribution < -0.4 is 16.0 Å². The van der Waals surface area contributed by atoms with Gasteiger partial charge in [-0.1, -0.05) is 12.1 Å². The van der Waals surface area contributed by atoms with Crippen molar-refractivity contribution in [2.75, 3.05) is 5.43 Å². The quantitative estimate of drug-likeness (QED) is 0.511. The number of nitrogens with zero attached hydrogens (tertiary/aromatic N) is 1. The Kier molecular flexibility index (Phi) is 3.45. The van der Waals surface area contributed by atoms with E-state index in [1.807, 2.05) is 18.2 Å². The zero-order valence-corrected chi connectivity index (χ0v) is 11.3. The number of anilines is 1. The SMILES string of the molecule is NNc1cccc(Oc2ccc3c(c2)CCC3)c1[N+](=O)[O-]. The first-order valence-corrected chi connectivity index (χ1v) is 6.72. The second-order valence-electron chi connectivity index (χ2n) is 4.94. The van der Waals surface area contributed by atoms with Crippen LogP contribution in [0.3, 0.4) is 0 Å². The third kappa shape index (κ3) is 2.53. The van der Waals surface area contributed by atoms with Gasteiger partial charge in [0, 0.05) is 0 Å². The Bertz CT molecular complexity index is 701. The molecular formula is C15H15N3O3. The van der Waals surface area contributed by atoms with E-state index in [1.165, 1.54) is 17.2 Å². The number of nitrogen functional groups attached to an aromatic ring is 1. The smallest absolute Gasteiger partial charge is 0.335 e. The van der Waals surface area contributed by atoms with Crippen LogP contribution in [0.2, 0.25) is 0 Å². The molecule has 2 aromatic carbocycles. The molecule has 0 heterocycles. The lowest BCUT2D eigenvalue weighted by molar-refractivity contribution is -0.384. The number of nitro benzene ring substituents is 1. The highest BCUT2D eigenvalue weighted by molar-refractivity contribution is 5.68. The highest BCUT2D eigenvalue weighted by Crippen LogP contribution is 2.38. The van der Waals surface area contributed by atoms with Crippen molar-refractivity contribution in [3.63, 3.8) is 0 Å². The molecule has 0 spiro atoms. The van der Waals surface area contributed by atoms with Crippen LogP contribution in [-0.4, -0.2) is 4.92 Å². The maximum absolute atomic E-state index is 11.2. The first-order chi connectivity index (χ1) is 10.2. The third-order valence-electron chi connectivity index (χ3n) is 3.63. The summed E-state index contributed by atoms with van der Waals surface area (Å²) >= 11 is 0. The van der Waals surface area contributed by atoms with Crippen molar-refractivity contribution in [2.24, 2.45) is 5.84 Å². The van der Waals surface area contributed by atoms with Crippen LogP contribution in [0.5, 0.6) is 11.5 Å². The normalized spacial score (nSPS) is 12.8. The van der Waals surface area contributed by atoms with Gasteiger partial charge in [-0.2, -0.15) is 0 Å². The molecule has 0 aromatic heterocycles. The maximum atomic E-state index is 11.2. The Morgan fingerprint density at radius 3 is 2.76 bits per heavy atom. The molecule has 0 amide bonds. The number of nitrogens with two attached hydrogens (primary N) is 1. The number of hydrogen-bond donors (Lipinski definition) is 2. The summed E-state index contributed by atoms with van der Waals surface area (Å²) in [4.78, 5) is 10.7. The van der Waals surface area contributed by atoms with Crippen LogP contribution in [-0.2, 0) is 12.8 Å². The second kappa shape index (κ2) is 5.41. The first kappa shape index (κ1) is 13.4. The fourth-order valence-corrected chi connectivity index (χ4v) is 2.65. The van der Waals surface area contributed by atoms with E-state index >= 15 is 0 Å². The lowest BCUT2D eigenvalue weighted by Crippen LogP contribution is -2.09. The molecule has 3 N–H and O–H groups in total. The van der Waals surface area contributed by atoms with Crippen molar-refractivity contribution in [1.29, 1.82) is 0 Å². The van der Waals surface area contributed by atoms with E-state index in [-0.39, 0.29) is 17.1 Å². The number of nitro groups is 1. The van der Waals surface area contributed by atoms with Crippen LogP contribution in [0.1, 0.15) is 17.5 Å². The third-order valence-corrected chi connectivity index (χ3v) is 3.63. The average Bonchev–Trinajstić information content (AvgIpc) is 2.94. The Hall–Kier alpha value is -2.60. The van der Waals surface area contributed by atoms with Crippen LogP contribution in [0.25, 0.3) is 0 Å². The van der Waals surface area contributed by atoms with Crippen molar-refractivity contribution >= 4 is 11.4 Å². The van der Waals surface area contributed by atoms with E-state index in [9.17, 15) is 10.1 Å². The Morgan fingerprint density at radius 2 is 2.00 bits per heavy atom. The number of ether oxygens (including phenoxy) is 1. The molecule has 3 rings (SSSR count). The average molecular weight is 285 g/mol. The van der Waals surface area contributed by atoms with Gasteiger partial charge < -0.3 is 10.2 Å². The van der Waals surface area contributed by atoms with Gasteiger partial charge in [0.15, 0.2) is 0 Å². The standard InChI is InChI=1S/C15H15N3O3/c16-17-13-5-2-6-14(15(13)18(19)20)21-12-8-7-10-3-1-4-11(10)9-12/h2,5-9,17H,1,3-4,16H2. The minimum Gasteiger partial charge on any atom is -0.450 e. The number of aryl methyl sites for hydroxylation is 2. The fourth-order valence-electron chi connectivity index (χ4n) is 2.65. The molecule has 0 fully saturated rings. The number of rotatable bonds is 4. The van der Waals surface area contributed by atoms with E-state index in [2.05, 4.69) is 5.43 Å². The van der Waals surface area contributed by atoms with E-state index in [0.717, 1.165) is 19.3 Å². The molecule has 0 radical (unpaired) electrons. The van der Waals surface area contributed by atoms with E-state index in [4.69, 9.17) is 10.6 Å². The van der Waals surface area contributed by atoms with Gasteiger partial charge in [-0.3, -0.25) is 16.0 Å². The molecule has 0 saturated heterocycles. The Labute approximate surface area is 121 Å². The Morgan fingerprint density at radius 1 is 1.19 bits per heavy atom. The second-order valence-corrected chi connectivity index (χ2v) is 4.94. The molecule has 6 heteroatoms. The Balaban J connectivity index is 1.96. The number of hydrazine groups is 1. The molecule has 6 nitrogen and oxygen atoms in total. The number of benzene rings is 2. The summed E-state index contributed by atoms with van der Waals surface area (Å²) in [6.07, 6.45) is 3.26. The molecular weight excluding hydrogens is 270 g/mol. The van der Waals surface area contributed by atoms with Gasteiger partial charge in [-0.25, -0.2) is 0 Å². The van der Waals surface area contributed by atoms with Gasteiger partial charge in [0.05, 0.1) is 4.92 Å². The summed E-state index contributed by atoms with van der Waals surface area (Å²) < 4.78 is 5.70. The topological polar surface area (TPSA) is 90.4 Å². The largest absolute Gasteiger partial charge is 0.450 e. The van der Waals surface area contributed by atoms with Crippen LogP contribution in [0.4, 0.5) is 11.4 Å². The highest BCUT2D eigenvalue weighted by Gasteiger charge is 2.21. The number of fused-ring (bicyclic) bond motifs is 1. The van der Waals surface area contributed by atoms with Gasteiger partial charge in [-0.05, 0) is 54.7 Å². The van der Waals surface area contributed by atoms with Gasteiger partial charge in [0.1, 0.15) is 11.4 Å². The fraction of sp³-hybridized carbons (Fsp3) is 0.200. The summed E-state index contributed by atoms with van der Waals surface area (Å²) in [6.45, 7) is 0. The van der Waals surface area contributed by atoms with Crippen LogP contribution in [0, 0.1) is 10.1 Å². The zero-order chi connectivity index (χ0) is 14.8. The number of nitrogens with one attached hydrogen (secondary N) is 1. The molecule has 21 heavy (non-hydrogen) atoms. The monoisotopic (exact) mass is 285 g/mol. The van der Waals surface area contributed by atoms with E-state index in [0.29, 0.717) is 5.75 Å². The molecule has 0 bridgehead atoms. The molecule has 1 aliphatic rings. The molecule has 0 unspecified atom stereocenters. The summed E-state index contributed by atoms with van der Waals surface area (Å²) in [5.74, 6) is 6.09. The molecule has 2 aromatic rings. The predicted molar refractivity (Wildman–Crippen MR) is 79.4 cm³/mol. The van der Waals surface area contributed by atoms with Crippen molar-refractivity contribution in [1.82, 2.24) is 0 Å². The van der Waals surface area contributed by atoms with Gasteiger partial charge >= 0.3 is 5.69 Å².